The Labute approximate surface area is 187 Å². The lowest BCUT2D eigenvalue weighted by Gasteiger charge is -2.43. The van der Waals surface area contributed by atoms with E-state index in [2.05, 4.69) is 22.3 Å². The van der Waals surface area contributed by atoms with E-state index in [4.69, 9.17) is 4.99 Å². The first-order valence-electron chi connectivity index (χ1n) is 11.5. The van der Waals surface area contributed by atoms with Crippen molar-refractivity contribution in [3.8, 4) is 0 Å². The quantitative estimate of drug-likeness (QED) is 0.740. The average molecular weight is 439 g/mol. The van der Waals surface area contributed by atoms with E-state index in [0.717, 1.165) is 51.4 Å². The maximum Gasteiger partial charge on any atom is 0.328 e. The first kappa shape index (κ1) is 21.1. The summed E-state index contributed by atoms with van der Waals surface area (Å²) in [5, 5.41) is 2.97. The van der Waals surface area contributed by atoms with Gasteiger partial charge in [0, 0.05) is 25.7 Å². The number of piperidine rings is 1. The number of nitrogens with one attached hydrogen (secondary N) is 1. The summed E-state index contributed by atoms with van der Waals surface area (Å²) < 4.78 is 28.1. The summed E-state index contributed by atoms with van der Waals surface area (Å²) in [6, 6.07) is 13.4. The van der Waals surface area contributed by atoms with Gasteiger partial charge in [0.1, 0.15) is 23.0 Å². The van der Waals surface area contributed by atoms with Crippen molar-refractivity contribution >= 4 is 17.6 Å². The molecule has 1 saturated carbocycles. The molecular weight excluding hydrogens is 410 g/mol. The molecule has 2 aromatic rings. The van der Waals surface area contributed by atoms with Gasteiger partial charge in [-0.1, -0.05) is 43.2 Å². The Bertz CT molecular complexity index is 992. The second-order valence-corrected chi connectivity index (χ2v) is 9.10. The minimum absolute atomic E-state index is 0.203. The molecule has 32 heavy (non-hydrogen) atoms. The van der Waals surface area contributed by atoms with Gasteiger partial charge in [-0.3, -0.25) is 20.1 Å². The number of amides is 2. The van der Waals surface area contributed by atoms with E-state index in [1.54, 1.807) is 4.90 Å². The largest absolute Gasteiger partial charge is 0.328 e. The second kappa shape index (κ2) is 8.62. The smallest absolute Gasteiger partial charge is 0.299 e. The molecule has 0 unspecified atom stereocenters. The first-order valence-corrected chi connectivity index (χ1v) is 11.5. The highest BCUT2D eigenvalue weighted by Crippen LogP contribution is 2.39. The van der Waals surface area contributed by atoms with Crippen LogP contribution in [0.15, 0.2) is 53.5 Å². The standard InChI is InChI=1S/C25H28F2N4O/c26-19-14-20(27)16-22(15-19)31-24(32)29-23(28-21-8-4-5-9-21)25(31)10-12-30(13-11-25)17-18-6-2-1-3-7-18/h1-3,6-7,14-16,21H,4-5,8-13,17H2,(H,28,29,32). The van der Waals surface area contributed by atoms with E-state index in [1.165, 1.54) is 17.7 Å². The summed E-state index contributed by atoms with van der Waals surface area (Å²) in [5.74, 6) is -0.713. The molecule has 7 heteroatoms. The van der Waals surface area contributed by atoms with Gasteiger partial charge in [0.05, 0.1) is 11.7 Å². The molecule has 1 aliphatic carbocycles. The van der Waals surface area contributed by atoms with Gasteiger partial charge in [0.15, 0.2) is 0 Å². The number of amidine groups is 1. The third-order valence-electron chi connectivity index (χ3n) is 6.97. The van der Waals surface area contributed by atoms with Gasteiger partial charge in [0.25, 0.3) is 0 Å². The highest BCUT2D eigenvalue weighted by Gasteiger charge is 2.53. The molecule has 2 saturated heterocycles. The number of likely N-dealkylation sites (tertiary alicyclic amines) is 1. The van der Waals surface area contributed by atoms with E-state index < -0.39 is 17.2 Å². The molecule has 2 aromatic carbocycles. The Morgan fingerprint density at radius 1 is 1.00 bits per heavy atom. The molecule has 3 aliphatic rings. The highest BCUT2D eigenvalue weighted by molar-refractivity contribution is 6.19. The van der Waals surface area contributed by atoms with Crippen LogP contribution in [0.5, 0.6) is 0 Å². The highest BCUT2D eigenvalue weighted by atomic mass is 19.1. The van der Waals surface area contributed by atoms with Gasteiger partial charge in [-0.05, 0) is 43.4 Å². The molecule has 168 valence electrons. The number of halogens is 2. The molecule has 2 aliphatic heterocycles. The minimum Gasteiger partial charge on any atom is -0.299 e. The number of hydrogen-bond donors (Lipinski definition) is 1. The van der Waals surface area contributed by atoms with E-state index in [0.29, 0.717) is 18.7 Å². The van der Waals surface area contributed by atoms with Crippen molar-refractivity contribution in [3.05, 3.63) is 65.7 Å². The molecule has 1 N–H and O–H groups in total. The van der Waals surface area contributed by atoms with Gasteiger partial charge in [-0.2, -0.15) is 0 Å². The number of carbonyl (C=O) groups is 1. The molecule has 0 atom stereocenters. The molecule has 2 heterocycles. The Morgan fingerprint density at radius 3 is 2.31 bits per heavy atom. The third kappa shape index (κ3) is 4.01. The number of anilines is 1. The predicted molar refractivity (Wildman–Crippen MR) is 121 cm³/mol. The molecule has 5 nitrogen and oxygen atoms in total. The van der Waals surface area contributed by atoms with Crippen LogP contribution < -0.4 is 10.2 Å². The van der Waals surface area contributed by atoms with Gasteiger partial charge >= 0.3 is 6.03 Å². The van der Waals surface area contributed by atoms with E-state index in [1.807, 2.05) is 18.2 Å². The molecule has 1 spiro atoms. The number of urea groups is 1. The number of hydrogen-bond acceptors (Lipinski definition) is 3. The van der Waals surface area contributed by atoms with Crippen LogP contribution in [0, 0.1) is 11.6 Å². The van der Waals surface area contributed by atoms with Crippen molar-refractivity contribution in [2.75, 3.05) is 18.0 Å². The normalized spacial score (nSPS) is 22.8. The van der Waals surface area contributed by atoms with Crippen LogP contribution in [-0.2, 0) is 6.54 Å². The number of nitrogens with zero attached hydrogens (tertiary/aromatic N) is 3. The van der Waals surface area contributed by atoms with Crippen LogP contribution in [0.25, 0.3) is 0 Å². The Balaban J connectivity index is 1.46. The van der Waals surface area contributed by atoms with Crippen LogP contribution >= 0.6 is 0 Å². The fraction of sp³-hybridized carbons (Fsp3) is 0.440. The summed E-state index contributed by atoms with van der Waals surface area (Å²) in [6.45, 7) is 2.37. The van der Waals surface area contributed by atoms with Crippen LogP contribution in [0.1, 0.15) is 44.1 Å². The Hall–Kier alpha value is -2.80. The van der Waals surface area contributed by atoms with Crippen LogP contribution in [0.4, 0.5) is 19.3 Å². The molecule has 2 amide bonds. The summed E-state index contributed by atoms with van der Waals surface area (Å²) in [7, 11) is 0. The van der Waals surface area contributed by atoms with Gasteiger partial charge < -0.3 is 0 Å². The van der Waals surface area contributed by atoms with E-state index in [-0.39, 0.29) is 17.8 Å². The molecule has 0 aromatic heterocycles. The van der Waals surface area contributed by atoms with Crippen molar-refractivity contribution in [1.29, 1.82) is 0 Å². The summed E-state index contributed by atoms with van der Waals surface area (Å²) in [6.07, 6.45) is 5.64. The van der Waals surface area contributed by atoms with Crippen LogP contribution in [0.2, 0.25) is 0 Å². The molecule has 0 bridgehead atoms. The number of aliphatic imine (C=N–C) groups is 1. The second-order valence-electron chi connectivity index (χ2n) is 9.10. The predicted octanol–water partition coefficient (Wildman–Crippen LogP) is 4.87. The fourth-order valence-electron chi connectivity index (χ4n) is 5.36. The third-order valence-corrected chi connectivity index (χ3v) is 6.97. The molecule has 3 fully saturated rings. The average Bonchev–Trinajstić information content (AvgIpc) is 3.36. The fourth-order valence-corrected chi connectivity index (χ4v) is 5.36. The summed E-state index contributed by atoms with van der Waals surface area (Å²) in [5.41, 5.74) is 0.786. The zero-order valence-corrected chi connectivity index (χ0v) is 18.1. The van der Waals surface area contributed by atoms with Crippen molar-refractivity contribution in [2.45, 2.75) is 56.7 Å². The van der Waals surface area contributed by atoms with Crippen molar-refractivity contribution < 1.29 is 13.6 Å². The first-order chi connectivity index (χ1) is 15.5. The summed E-state index contributed by atoms with van der Waals surface area (Å²) >= 11 is 0. The van der Waals surface area contributed by atoms with Gasteiger partial charge in [-0.25, -0.2) is 13.6 Å². The Morgan fingerprint density at radius 2 is 1.66 bits per heavy atom. The maximum absolute atomic E-state index is 14.1. The minimum atomic E-state index is -0.701. The van der Waals surface area contributed by atoms with Crippen molar-refractivity contribution in [3.63, 3.8) is 0 Å². The van der Waals surface area contributed by atoms with E-state index >= 15 is 0 Å². The van der Waals surface area contributed by atoms with Crippen LogP contribution in [-0.4, -0.2) is 41.4 Å². The SMILES string of the molecule is O=C1NC(=NC2CCCC2)C2(CCN(Cc3ccccc3)CC2)N1c1cc(F)cc(F)c1. The maximum atomic E-state index is 14.1. The van der Waals surface area contributed by atoms with Crippen molar-refractivity contribution in [2.24, 2.45) is 4.99 Å². The zero-order valence-electron chi connectivity index (χ0n) is 18.1. The van der Waals surface area contributed by atoms with Crippen molar-refractivity contribution in [1.82, 2.24) is 10.2 Å². The zero-order chi connectivity index (χ0) is 22.1. The number of rotatable bonds is 4. The Kier molecular flexibility index (Phi) is 5.67. The van der Waals surface area contributed by atoms with E-state index in [9.17, 15) is 13.6 Å². The molecule has 0 radical (unpaired) electrons. The lowest BCUT2D eigenvalue weighted by Crippen LogP contribution is -2.57. The topological polar surface area (TPSA) is 47.9 Å². The lowest BCUT2D eigenvalue weighted by molar-refractivity contribution is 0.184. The van der Waals surface area contributed by atoms with Gasteiger partial charge in [-0.15, -0.1) is 0 Å². The lowest BCUT2D eigenvalue weighted by atomic mass is 9.84. The van der Waals surface area contributed by atoms with Gasteiger partial charge in [0.2, 0.25) is 0 Å². The molecular formula is C25H28F2N4O. The monoisotopic (exact) mass is 438 g/mol. The number of benzene rings is 2. The number of carbonyl (C=O) groups excluding carboxylic acids is 1. The summed E-state index contributed by atoms with van der Waals surface area (Å²) in [4.78, 5) is 22.0. The van der Waals surface area contributed by atoms with Crippen LogP contribution in [0.3, 0.4) is 0 Å². The molecule has 5 rings (SSSR count).